The van der Waals surface area contributed by atoms with E-state index in [1.54, 1.807) is 0 Å². The second-order valence-electron chi connectivity index (χ2n) is 4.81. The van der Waals surface area contributed by atoms with Crippen molar-refractivity contribution in [3.05, 3.63) is 28.2 Å². The zero-order valence-corrected chi connectivity index (χ0v) is 13.3. The van der Waals surface area contributed by atoms with Crippen molar-refractivity contribution >= 4 is 27.6 Å². The van der Waals surface area contributed by atoms with Crippen LogP contribution in [0, 0.1) is 0 Å². The molecule has 6 heteroatoms. The number of fused-ring (bicyclic) bond motifs is 1. The number of ether oxygens (including phenoxy) is 1. The van der Waals surface area contributed by atoms with Gasteiger partial charge in [-0.1, -0.05) is 21.1 Å². The van der Waals surface area contributed by atoms with Gasteiger partial charge in [0.2, 0.25) is 0 Å². The van der Waals surface area contributed by atoms with E-state index in [2.05, 4.69) is 21.1 Å². The molecule has 0 saturated heterocycles. The van der Waals surface area contributed by atoms with Crippen LogP contribution in [0.1, 0.15) is 37.7 Å². The van der Waals surface area contributed by atoms with Gasteiger partial charge in [-0.05, 0) is 43.9 Å². The number of carboxylic acid groups (broad SMARTS) is 1. The lowest BCUT2D eigenvalue weighted by Gasteiger charge is -2.08. The quantitative estimate of drug-likeness (QED) is 0.625. The molecule has 1 heterocycles. The van der Waals surface area contributed by atoms with Crippen LogP contribution in [-0.4, -0.2) is 30.0 Å². The minimum absolute atomic E-state index is 0.170. The van der Waals surface area contributed by atoms with Crippen molar-refractivity contribution in [2.45, 2.75) is 32.1 Å². The highest BCUT2D eigenvalue weighted by atomic mass is 79.9. The predicted octanol–water partition coefficient (Wildman–Crippen LogP) is 3.60. The minimum Gasteiger partial charge on any atom is -0.493 e. The molecular formula is C15H18BrNO4. The van der Waals surface area contributed by atoms with E-state index in [1.807, 2.05) is 18.2 Å². The maximum Gasteiger partial charge on any atom is 0.303 e. The molecule has 0 atom stereocenters. The molecule has 0 unspecified atom stereocenters. The van der Waals surface area contributed by atoms with Gasteiger partial charge in [0.15, 0.2) is 0 Å². The van der Waals surface area contributed by atoms with Crippen LogP contribution in [0.3, 0.4) is 0 Å². The smallest absolute Gasteiger partial charge is 0.303 e. The standard InChI is InChI=1S/C15H18BrNO4/c16-11-6-7-14-12(10-11)13(4-3-8-20-14)17-21-9-2-1-5-15(18)19/h6-7,10H,1-5,8-9H2,(H,18,19). The highest BCUT2D eigenvalue weighted by Gasteiger charge is 2.16. The molecule has 0 fully saturated rings. The summed E-state index contributed by atoms with van der Waals surface area (Å²) in [5.41, 5.74) is 1.83. The van der Waals surface area contributed by atoms with Crippen LogP contribution in [0.2, 0.25) is 0 Å². The second kappa shape index (κ2) is 8.02. The third-order valence-corrected chi connectivity index (χ3v) is 3.61. The summed E-state index contributed by atoms with van der Waals surface area (Å²) in [6, 6.07) is 5.84. The number of hydrogen-bond donors (Lipinski definition) is 1. The Morgan fingerprint density at radius 3 is 3.10 bits per heavy atom. The van der Waals surface area contributed by atoms with Gasteiger partial charge in [0, 0.05) is 16.5 Å². The second-order valence-corrected chi connectivity index (χ2v) is 5.73. The zero-order chi connectivity index (χ0) is 15.1. The van der Waals surface area contributed by atoms with Crippen LogP contribution in [0.4, 0.5) is 0 Å². The number of carbonyl (C=O) groups is 1. The highest BCUT2D eigenvalue weighted by molar-refractivity contribution is 9.10. The van der Waals surface area contributed by atoms with Gasteiger partial charge in [-0.3, -0.25) is 4.79 Å². The fourth-order valence-corrected chi connectivity index (χ4v) is 2.43. The third-order valence-electron chi connectivity index (χ3n) is 3.12. The molecule has 0 amide bonds. The summed E-state index contributed by atoms with van der Waals surface area (Å²) in [5, 5.41) is 12.8. The maximum atomic E-state index is 10.4. The molecule has 114 valence electrons. The van der Waals surface area contributed by atoms with Crippen LogP contribution in [-0.2, 0) is 9.63 Å². The number of oxime groups is 1. The lowest BCUT2D eigenvalue weighted by atomic mass is 10.1. The van der Waals surface area contributed by atoms with Crippen molar-refractivity contribution in [1.82, 2.24) is 0 Å². The van der Waals surface area contributed by atoms with E-state index in [9.17, 15) is 4.79 Å². The van der Waals surface area contributed by atoms with E-state index in [1.165, 1.54) is 0 Å². The molecule has 0 aliphatic carbocycles. The Bertz CT molecular complexity index is 530. The molecule has 1 aliphatic heterocycles. The first kappa shape index (κ1) is 15.8. The summed E-state index contributed by atoms with van der Waals surface area (Å²) in [6.07, 6.45) is 3.16. The minimum atomic E-state index is -0.777. The van der Waals surface area contributed by atoms with Crippen LogP contribution in [0.5, 0.6) is 5.75 Å². The lowest BCUT2D eigenvalue weighted by molar-refractivity contribution is -0.137. The first-order chi connectivity index (χ1) is 10.2. The van der Waals surface area contributed by atoms with Gasteiger partial charge in [-0.2, -0.15) is 0 Å². The van der Waals surface area contributed by atoms with Gasteiger partial charge in [0.05, 0.1) is 12.3 Å². The largest absolute Gasteiger partial charge is 0.493 e. The number of benzene rings is 1. The number of hydrogen-bond acceptors (Lipinski definition) is 4. The summed E-state index contributed by atoms with van der Waals surface area (Å²) < 4.78 is 6.66. The summed E-state index contributed by atoms with van der Waals surface area (Å²) in [5.74, 6) is 0.0462. The molecule has 1 N–H and O–H groups in total. The molecule has 0 saturated carbocycles. The van der Waals surface area contributed by atoms with Crippen LogP contribution >= 0.6 is 15.9 Å². The highest BCUT2D eigenvalue weighted by Crippen LogP contribution is 2.27. The van der Waals surface area contributed by atoms with E-state index in [4.69, 9.17) is 14.7 Å². The SMILES string of the molecule is O=C(O)CCCCON=C1CCCOc2ccc(Br)cc21. The van der Waals surface area contributed by atoms with Crippen molar-refractivity contribution in [2.75, 3.05) is 13.2 Å². The van der Waals surface area contributed by atoms with E-state index >= 15 is 0 Å². The zero-order valence-electron chi connectivity index (χ0n) is 11.7. The molecule has 0 bridgehead atoms. The fraction of sp³-hybridized carbons (Fsp3) is 0.467. The van der Waals surface area contributed by atoms with Gasteiger partial charge in [0.25, 0.3) is 0 Å². The molecular weight excluding hydrogens is 338 g/mol. The van der Waals surface area contributed by atoms with Crippen molar-refractivity contribution in [1.29, 1.82) is 0 Å². The average molecular weight is 356 g/mol. The Labute approximate surface area is 132 Å². The van der Waals surface area contributed by atoms with E-state index in [0.717, 1.165) is 34.3 Å². The Morgan fingerprint density at radius 1 is 1.43 bits per heavy atom. The van der Waals surface area contributed by atoms with Crippen molar-refractivity contribution in [3.8, 4) is 5.75 Å². The molecule has 5 nitrogen and oxygen atoms in total. The fourth-order valence-electron chi connectivity index (χ4n) is 2.07. The molecule has 2 rings (SSSR count). The van der Waals surface area contributed by atoms with Crippen molar-refractivity contribution < 1.29 is 19.5 Å². The number of unbranched alkanes of at least 4 members (excludes halogenated alkanes) is 1. The van der Waals surface area contributed by atoms with Crippen molar-refractivity contribution in [2.24, 2.45) is 5.16 Å². The summed E-state index contributed by atoms with van der Waals surface area (Å²) in [7, 11) is 0. The molecule has 1 aromatic rings. The normalized spacial score (nSPS) is 16.0. The number of carboxylic acids is 1. The Kier molecular flexibility index (Phi) is 6.04. The molecule has 21 heavy (non-hydrogen) atoms. The van der Waals surface area contributed by atoms with E-state index < -0.39 is 5.97 Å². The Morgan fingerprint density at radius 2 is 2.29 bits per heavy atom. The molecule has 0 radical (unpaired) electrons. The Hall–Kier alpha value is -1.56. The van der Waals surface area contributed by atoms with E-state index in [-0.39, 0.29) is 6.42 Å². The van der Waals surface area contributed by atoms with Crippen LogP contribution in [0.25, 0.3) is 0 Å². The van der Waals surface area contributed by atoms with Gasteiger partial charge in [-0.25, -0.2) is 0 Å². The third kappa shape index (κ3) is 5.04. The number of halogens is 1. The van der Waals surface area contributed by atoms with E-state index in [0.29, 0.717) is 26.1 Å². The number of rotatable bonds is 6. The first-order valence-electron chi connectivity index (χ1n) is 7.00. The van der Waals surface area contributed by atoms with Gasteiger partial charge >= 0.3 is 5.97 Å². The van der Waals surface area contributed by atoms with Crippen LogP contribution < -0.4 is 4.74 Å². The number of nitrogens with zero attached hydrogens (tertiary/aromatic N) is 1. The predicted molar refractivity (Wildman–Crippen MR) is 82.8 cm³/mol. The molecule has 1 aliphatic rings. The summed E-state index contributed by atoms with van der Waals surface area (Å²) in [4.78, 5) is 15.7. The lowest BCUT2D eigenvalue weighted by Crippen LogP contribution is -2.02. The van der Waals surface area contributed by atoms with Crippen molar-refractivity contribution in [3.63, 3.8) is 0 Å². The number of aliphatic carboxylic acids is 1. The summed E-state index contributed by atoms with van der Waals surface area (Å²) >= 11 is 3.45. The molecule has 0 aromatic heterocycles. The van der Waals surface area contributed by atoms with Crippen LogP contribution in [0.15, 0.2) is 27.8 Å². The average Bonchev–Trinajstić information content (AvgIpc) is 2.64. The topological polar surface area (TPSA) is 68.1 Å². The molecule has 0 spiro atoms. The molecule has 1 aromatic carbocycles. The monoisotopic (exact) mass is 355 g/mol. The van der Waals surface area contributed by atoms with Gasteiger partial charge in [-0.15, -0.1) is 0 Å². The van der Waals surface area contributed by atoms with Gasteiger partial charge < -0.3 is 14.7 Å². The van der Waals surface area contributed by atoms with Gasteiger partial charge in [0.1, 0.15) is 12.4 Å². The summed E-state index contributed by atoms with van der Waals surface area (Å²) in [6.45, 7) is 1.10. The first-order valence-corrected chi connectivity index (χ1v) is 7.79. The Balaban J connectivity index is 1.94. The maximum absolute atomic E-state index is 10.4.